The number of halogens is 1. The minimum atomic E-state index is -3.58. The number of benzene rings is 1. The highest BCUT2D eigenvalue weighted by molar-refractivity contribution is 7.89. The van der Waals surface area contributed by atoms with Crippen LogP contribution in [0.2, 0.25) is 0 Å². The highest BCUT2D eigenvalue weighted by atomic mass is 32.2. The summed E-state index contributed by atoms with van der Waals surface area (Å²) < 4.78 is 34.5. The van der Waals surface area contributed by atoms with Crippen LogP contribution in [0.3, 0.4) is 0 Å². The summed E-state index contributed by atoms with van der Waals surface area (Å²) in [6.45, 7) is 0.0647. The van der Waals surface area contributed by atoms with Crippen LogP contribution in [0.15, 0.2) is 18.2 Å². The second-order valence-corrected chi connectivity index (χ2v) is 5.84. The molecule has 116 valence electrons. The van der Waals surface area contributed by atoms with Crippen molar-refractivity contribution >= 4 is 27.7 Å². The second-order valence-electron chi connectivity index (χ2n) is 4.10. The molecule has 0 radical (unpaired) electrons. The lowest BCUT2D eigenvalue weighted by molar-refractivity contribution is 0.0692. The van der Waals surface area contributed by atoms with Crippen LogP contribution in [0.4, 0.5) is 14.9 Å². The number of nitrogens with one attached hydrogen (secondary N) is 2. The summed E-state index contributed by atoms with van der Waals surface area (Å²) in [6.07, 6.45) is 0.135. The fourth-order valence-corrected chi connectivity index (χ4v) is 1.96. The number of nitrogens with two attached hydrogens (primary N) is 1. The molecule has 1 aromatic carbocycles. The van der Waals surface area contributed by atoms with E-state index in [1.165, 1.54) is 6.07 Å². The van der Waals surface area contributed by atoms with Crippen LogP contribution in [0.1, 0.15) is 16.8 Å². The summed E-state index contributed by atoms with van der Waals surface area (Å²) in [6, 6.07) is 2.42. The number of carboxylic acid groups (broad SMARTS) is 1. The minimum Gasteiger partial charge on any atom is -0.478 e. The largest absolute Gasteiger partial charge is 0.478 e. The smallest absolute Gasteiger partial charge is 0.338 e. The molecular weight excluding hydrogens is 305 g/mol. The molecule has 8 nitrogen and oxygen atoms in total. The highest BCUT2D eigenvalue weighted by Crippen LogP contribution is 2.14. The molecule has 10 heteroatoms. The van der Waals surface area contributed by atoms with Crippen molar-refractivity contribution in [2.24, 2.45) is 5.14 Å². The molecule has 0 saturated carbocycles. The predicted molar refractivity (Wildman–Crippen MR) is 73.0 cm³/mol. The van der Waals surface area contributed by atoms with Gasteiger partial charge in [-0.3, -0.25) is 0 Å². The van der Waals surface area contributed by atoms with E-state index in [0.717, 1.165) is 12.1 Å². The van der Waals surface area contributed by atoms with Crippen LogP contribution in [-0.2, 0) is 10.0 Å². The van der Waals surface area contributed by atoms with Gasteiger partial charge < -0.3 is 15.7 Å². The number of carboxylic acids is 1. The Balaban J connectivity index is 2.52. The number of carbonyl (C=O) groups is 2. The molecule has 2 amide bonds. The summed E-state index contributed by atoms with van der Waals surface area (Å²) in [5.41, 5.74) is -0.472. The van der Waals surface area contributed by atoms with E-state index in [-0.39, 0.29) is 24.4 Å². The van der Waals surface area contributed by atoms with Crippen LogP contribution in [-0.4, -0.2) is 37.8 Å². The number of anilines is 1. The number of amides is 2. The summed E-state index contributed by atoms with van der Waals surface area (Å²) >= 11 is 0. The first-order valence-electron chi connectivity index (χ1n) is 5.77. The maximum Gasteiger partial charge on any atom is 0.338 e. The van der Waals surface area contributed by atoms with E-state index in [1.807, 2.05) is 0 Å². The Hall–Kier alpha value is -2.20. The molecule has 0 atom stereocenters. The van der Waals surface area contributed by atoms with Gasteiger partial charge in [0.25, 0.3) is 0 Å². The summed E-state index contributed by atoms with van der Waals surface area (Å²) in [5, 5.41) is 18.2. The Morgan fingerprint density at radius 3 is 2.57 bits per heavy atom. The number of primary sulfonamides is 1. The van der Waals surface area contributed by atoms with Gasteiger partial charge in [-0.15, -0.1) is 0 Å². The average Bonchev–Trinajstić information content (AvgIpc) is 2.35. The number of carbonyl (C=O) groups excluding carboxylic acids is 1. The molecule has 5 N–H and O–H groups in total. The first-order valence-corrected chi connectivity index (χ1v) is 7.49. The third kappa shape index (κ3) is 6.19. The molecule has 0 heterocycles. The van der Waals surface area contributed by atoms with Crippen LogP contribution >= 0.6 is 0 Å². The lowest BCUT2D eigenvalue weighted by Gasteiger charge is -2.08. The topological polar surface area (TPSA) is 139 Å². The molecule has 21 heavy (non-hydrogen) atoms. The SMILES string of the molecule is NS(=O)(=O)CCCNC(=O)Nc1ccc(F)c(C(=O)O)c1. The van der Waals surface area contributed by atoms with Gasteiger partial charge in [-0.25, -0.2) is 27.5 Å². The van der Waals surface area contributed by atoms with Gasteiger partial charge in [-0.05, 0) is 24.6 Å². The highest BCUT2D eigenvalue weighted by Gasteiger charge is 2.12. The Labute approximate surface area is 120 Å². The number of urea groups is 1. The molecular formula is C11H14FN3O5S. The lowest BCUT2D eigenvalue weighted by atomic mass is 10.2. The van der Waals surface area contributed by atoms with Gasteiger partial charge in [0.05, 0.1) is 11.3 Å². The van der Waals surface area contributed by atoms with E-state index in [2.05, 4.69) is 10.6 Å². The standard InChI is InChI=1S/C11H14FN3O5S/c12-9-3-2-7(6-8(9)10(16)17)15-11(18)14-4-1-5-21(13,19)20/h2-3,6H,1,4-5H2,(H,16,17)(H2,13,19,20)(H2,14,15,18). The number of hydrogen-bond acceptors (Lipinski definition) is 4. The zero-order valence-corrected chi connectivity index (χ0v) is 11.6. The number of aromatic carboxylic acids is 1. The van der Waals surface area contributed by atoms with Crippen molar-refractivity contribution in [1.82, 2.24) is 5.32 Å². The van der Waals surface area contributed by atoms with E-state index in [0.29, 0.717) is 0 Å². The lowest BCUT2D eigenvalue weighted by Crippen LogP contribution is -2.31. The third-order valence-electron chi connectivity index (χ3n) is 2.35. The Morgan fingerprint density at radius 2 is 2.00 bits per heavy atom. The summed E-state index contributed by atoms with van der Waals surface area (Å²) in [5.74, 6) is -2.64. The Kier molecular flexibility index (Phi) is 5.61. The Bertz CT molecular complexity index is 647. The molecule has 0 aliphatic carbocycles. The zero-order valence-electron chi connectivity index (χ0n) is 10.8. The molecule has 0 aliphatic heterocycles. The van der Waals surface area contributed by atoms with Crippen LogP contribution in [0, 0.1) is 5.82 Å². The monoisotopic (exact) mass is 319 g/mol. The fourth-order valence-electron chi connectivity index (χ4n) is 1.42. The molecule has 0 bridgehead atoms. The van der Waals surface area contributed by atoms with E-state index in [4.69, 9.17) is 10.2 Å². The van der Waals surface area contributed by atoms with Crippen molar-refractivity contribution < 1.29 is 27.5 Å². The van der Waals surface area contributed by atoms with Gasteiger partial charge in [-0.2, -0.15) is 0 Å². The Morgan fingerprint density at radius 1 is 1.33 bits per heavy atom. The van der Waals surface area contributed by atoms with Gasteiger partial charge in [0.2, 0.25) is 10.0 Å². The van der Waals surface area contributed by atoms with Gasteiger partial charge in [-0.1, -0.05) is 0 Å². The van der Waals surface area contributed by atoms with Crippen molar-refractivity contribution in [1.29, 1.82) is 0 Å². The van der Waals surface area contributed by atoms with Crippen LogP contribution in [0.25, 0.3) is 0 Å². The molecule has 0 aliphatic rings. The minimum absolute atomic E-state index is 0.0647. The molecule has 0 fully saturated rings. The van der Waals surface area contributed by atoms with Crippen LogP contribution in [0.5, 0.6) is 0 Å². The predicted octanol–water partition coefficient (Wildman–Crippen LogP) is 0.324. The van der Waals surface area contributed by atoms with E-state index in [1.54, 1.807) is 0 Å². The van der Waals surface area contributed by atoms with E-state index < -0.39 is 33.4 Å². The van der Waals surface area contributed by atoms with Gasteiger partial charge in [0.1, 0.15) is 5.82 Å². The van der Waals surface area contributed by atoms with Gasteiger partial charge >= 0.3 is 12.0 Å². The first kappa shape index (κ1) is 16.9. The molecule has 0 spiro atoms. The first-order chi connectivity index (χ1) is 9.69. The summed E-state index contributed by atoms with van der Waals surface area (Å²) in [4.78, 5) is 22.2. The van der Waals surface area contributed by atoms with E-state index >= 15 is 0 Å². The van der Waals surface area contributed by atoms with Crippen molar-refractivity contribution in [3.05, 3.63) is 29.6 Å². The molecule has 1 rings (SSSR count). The molecule has 0 unspecified atom stereocenters. The normalized spacial score (nSPS) is 11.0. The maximum absolute atomic E-state index is 13.1. The van der Waals surface area contributed by atoms with Gasteiger partial charge in [0, 0.05) is 12.2 Å². The molecule has 0 aromatic heterocycles. The van der Waals surface area contributed by atoms with Crippen molar-refractivity contribution in [3.8, 4) is 0 Å². The van der Waals surface area contributed by atoms with Crippen molar-refractivity contribution in [2.75, 3.05) is 17.6 Å². The number of sulfonamides is 1. The second kappa shape index (κ2) is 6.99. The zero-order chi connectivity index (χ0) is 16.0. The number of rotatable bonds is 6. The van der Waals surface area contributed by atoms with E-state index in [9.17, 15) is 22.4 Å². The fraction of sp³-hybridized carbons (Fsp3) is 0.273. The van der Waals surface area contributed by atoms with Crippen LogP contribution < -0.4 is 15.8 Å². The van der Waals surface area contributed by atoms with Crippen molar-refractivity contribution in [3.63, 3.8) is 0 Å². The quantitative estimate of drug-likeness (QED) is 0.559. The number of hydrogen-bond donors (Lipinski definition) is 4. The third-order valence-corrected chi connectivity index (χ3v) is 3.20. The summed E-state index contributed by atoms with van der Waals surface area (Å²) in [7, 11) is -3.58. The molecule has 0 saturated heterocycles. The maximum atomic E-state index is 13.1. The molecule has 1 aromatic rings. The van der Waals surface area contributed by atoms with Crippen molar-refractivity contribution in [2.45, 2.75) is 6.42 Å². The average molecular weight is 319 g/mol. The van der Waals surface area contributed by atoms with Gasteiger partial charge in [0.15, 0.2) is 0 Å².